The van der Waals surface area contributed by atoms with Crippen molar-refractivity contribution in [2.45, 2.75) is 46.0 Å². The van der Waals surface area contributed by atoms with Crippen LogP contribution in [-0.2, 0) is 4.74 Å². The van der Waals surface area contributed by atoms with Gasteiger partial charge in [-0.25, -0.2) is 0 Å². The molecule has 3 atom stereocenters. The van der Waals surface area contributed by atoms with Crippen LogP contribution in [-0.4, -0.2) is 13.9 Å². The summed E-state index contributed by atoms with van der Waals surface area (Å²) in [5.41, 5.74) is 1.37. The Morgan fingerprint density at radius 1 is 1.20 bits per heavy atom. The Balaban J connectivity index is 2.26. The van der Waals surface area contributed by atoms with Crippen molar-refractivity contribution in [1.29, 1.82) is 0 Å². The molecule has 112 valence electrons. The number of ether oxygens (including phenoxy) is 2. The van der Waals surface area contributed by atoms with Crippen LogP contribution in [0.25, 0.3) is 0 Å². The molecule has 0 aliphatic heterocycles. The van der Waals surface area contributed by atoms with E-state index in [1.165, 1.54) is 24.8 Å². The van der Waals surface area contributed by atoms with Gasteiger partial charge in [0.15, 0.2) is 6.79 Å². The lowest BCUT2D eigenvalue weighted by Crippen LogP contribution is -2.26. The molecular weight excluding hydrogens is 248 g/mol. The fraction of sp³-hybridized carbons (Fsp3) is 0.667. The zero-order valence-corrected chi connectivity index (χ0v) is 13.3. The topological polar surface area (TPSA) is 18.5 Å². The third-order valence-corrected chi connectivity index (χ3v) is 4.67. The fourth-order valence-electron chi connectivity index (χ4n) is 3.60. The SMILES string of the molecule is COCOc1ccccc1[C@@H]1C[C@@H](C)CC[C@@H]1C(C)C. The van der Waals surface area contributed by atoms with Gasteiger partial charge < -0.3 is 9.47 Å². The Hall–Kier alpha value is -1.02. The van der Waals surface area contributed by atoms with Crippen molar-refractivity contribution < 1.29 is 9.47 Å². The summed E-state index contributed by atoms with van der Waals surface area (Å²) in [6.07, 6.45) is 3.97. The van der Waals surface area contributed by atoms with Crippen LogP contribution in [0, 0.1) is 17.8 Å². The molecule has 1 aromatic rings. The number of hydrogen-bond acceptors (Lipinski definition) is 2. The Morgan fingerprint density at radius 2 is 1.95 bits per heavy atom. The first kappa shape index (κ1) is 15.4. The maximum absolute atomic E-state index is 5.78. The van der Waals surface area contributed by atoms with Gasteiger partial charge in [-0.1, -0.05) is 45.4 Å². The number of methoxy groups -OCH3 is 1. The molecule has 20 heavy (non-hydrogen) atoms. The first-order valence-electron chi connectivity index (χ1n) is 7.84. The molecule has 2 nitrogen and oxygen atoms in total. The van der Waals surface area contributed by atoms with Crippen LogP contribution in [0.5, 0.6) is 5.75 Å². The Bertz CT molecular complexity index is 414. The van der Waals surface area contributed by atoms with E-state index in [1.807, 2.05) is 6.07 Å². The molecule has 1 aromatic carbocycles. The van der Waals surface area contributed by atoms with Gasteiger partial charge in [-0.2, -0.15) is 0 Å². The fourth-order valence-corrected chi connectivity index (χ4v) is 3.60. The first-order chi connectivity index (χ1) is 9.63. The molecule has 0 saturated heterocycles. The van der Waals surface area contributed by atoms with E-state index < -0.39 is 0 Å². The van der Waals surface area contributed by atoms with E-state index in [9.17, 15) is 0 Å². The summed E-state index contributed by atoms with van der Waals surface area (Å²) in [5.74, 6) is 3.91. The van der Waals surface area contributed by atoms with Gasteiger partial charge in [-0.3, -0.25) is 0 Å². The van der Waals surface area contributed by atoms with Gasteiger partial charge >= 0.3 is 0 Å². The molecule has 0 aromatic heterocycles. The van der Waals surface area contributed by atoms with Gasteiger partial charge in [0.2, 0.25) is 0 Å². The predicted molar refractivity (Wildman–Crippen MR) is 83.0 cm³/mol. The maximum Gasteiger partial charge on any atom is 0.188 e. The van der Waals surface area contributed by atoms with Crippen molar-refractivity contribution in [3.63, 3.8) is 0 Å². The highest BCUT2D eigenvalue weighted by Crippen LogP contribution is 2.46. The Kier molecular flexibility index (Phi) is 5.47. The van der Waals surface area contributed by atoms with Crippen LogP contribution in [0.3, 0.4) is 0 Å². The molecule has 1 aliphatic rings. The van der Waals surface area contributed by atoms with E-state index in [0.29, 0.717) is 12.7 Å². The summed E-state index contributed by atoms with van der Waals surface area (Å²) >= 11 is 0. The van der Waals surface area contributed by atoms with Crippen molar-refractivity contribution in [2.24, 2.45) is 17.8 Å². The molecule has 0 N–H and O–H groups in total. The van der Waals surface area contributed by atoms with Crippen molar-refractivity contribution >= 4 is 0 Å². The Labute approximate surface area is 123 Å². The molecule has 0 spiro atoms. The zero-order valence-electron chi connectivity index (χ0n) is 13.3. The molecule has 1 fully saturated rings. The van der Waals surface area contributed by atoms with Crippen molar-refractivity contribution in [3.05, 3.63) is 29.8 Å². The summed E-state index contributed by atoms with van der Waals surface area (Å²) in [6, 6.07) is 8.49. The second kappa shape index (κ2) is 7.12. The molecular formula is C18H28O2. The quantitative estimate of drug-likeness (QED) is 0.716. The molecule has 0 unspecified atom stereocenters. The van der Waals surface area contributed by atoms with Gasteiger partial charge in [0.1, 0.15) is 5.75 Å². The summed E-state index contributed by atoms with van der Waals surface area (Å²) in [5, 5.41) is 0. The van der Waals surface area contributed by atoms with Crippen molar-refractivity contribution in [3.8, 4) is 5.75 Å². The zero-order chi connectivity index (χ0) is 14.5. The van der Waals surface area contributed by atoms with Crippen LogP contribution in [0.1, 0.15) is 51.5 Å². The van der Waals surface area contributed by atoms with Crippen LogP contribution in [0.2, 0.25) is 0 Å². The maximum atomic E-state index is 5.78. The number of para-hydroxylation sites is 1. The molecule has 0 heterocycles. The van der Waals surface area contributed by atoms with Gasteiger partial charge in [0.25, 0.3) is 0 Å². The smallest absolute Gasteiger partial charge is 0.188 e. The number of benzene rings is 1. The van der Waals surface area contributed by atoms with E-state index in [2.05, 4.69) is 39.0 Å². The van der Waals surface area contributed by atoms with Gasteiger partial charge in [0, 0.05) is 7.11 Å². The molecule has 0 bridgehead atoms. The Morgan fingerprint density at radius 3 is 2.65 bits per heavy atom. The standard InChI is InChI=1S/C18H28O2/c1-13(2)15-10-9-14(3)11-17(15)16-7-5-6-8-18(16)20-12-19-4/h5-8,13-15,17H,9-12H2,1-4H3/t14-,15+,17+/m0/s1. The van der Waals surface area contributed by atoms with E-state index in [0.717, 1.165) is 23.5 Å². The van der Waals surface area contributed by atoms with Gasteiger partial charge in [-0.15, -0.1) is 0 Å². The average molecular weight is 276 g/mol. The van der Waals surface area contributed by atoms with Gasteiger partial charge in [-0.05, 0) is 48.1 Å². The summed E-state index contributed by atoms with van der Waals surface area (Å²) in [7, 11) is 1.67. The molecule has 2 heteroatoms. The molecule has 1 saturated carbocycles. The molecule has 0 radical (unpaired) electrons. The number of hydrogen-bond donors (Lipinski definition) is 0. The minimum absolute atomic E-state index is 0.325. The molecule has 2 rings (SSSR count). The summed E-state index contributed by atoms with van der Waals surface area (Å²) < 4.78 is 10.8. The van der Waals surface area contributed by atoms with Crippen LogP contribution in [0.15, 0.2) is 24.3 Å². The first-order valence-corrected chi connectivity index (χ1v) is 7.84. The summed E-state index contributed by atoms with van der Waals surface area (Å²) in [4.78, 5) is 0. The lowest BCUT2D eigenvalue weighted by molar-refractivity contribution is 0.0492. The second-order valence-electron chi connectivity index (χ2n) is 6.52. The van der Waals surface area contributed by atoms with Crippen molar-refractivity contribution in [1.82, 2.24) is 0 Å². The highest BCUT2D eigenvalue weighted by atomic mass is 16.7. The number of rotatable bonds is 5. The third kappa shape index (κ3) is 3.54. The van der Waals surface area contributed by atoms with Crippen molar-refractivity contribution in [2.75, 3.05) is 13.9 Å². The lowest BCUT2D eigenvalue weighted by atomic mass is 9.67. The van der Waals surface area contributed by atoms with E-state index in [-0.39, 0.29) is 0 Å². The van der Waals surface area contributed by atoms with E-state index >= 15 is 0 Å². The second-order valence-corrected chi connectivity index (χ2v) is 6.52. The normalized spacial score (nSPS) is 26.8. The third-order valence-electron chi connectivity index (χ3n) is 4.67. The monoisotopic (exact) mass is 276 g/mol. The van der Waals surface area contributed by atoms with E-state index in [4.69, 9.17) is 9.47 Å². The minimum atomic E-state index is 0.325. The van der Waals surface area contributed by atoms with Crippen LogP contribution in [0.4, 0.5) is 0 Å². The predicted octanol–water partition coefficient (Wildman–Crippen LogP) is 4.85. The summed E-state index contributed by atoms with van der Waals surface area (Å²) in [6.45, 7) is 7.41. The largest absolute Gasteiger partial charge is 0.467 e. The van der Waals surface area contributed by atoms with E-state index in [1.54, 1.807) is 7.11 Å². The minimum Gasteiger partial charge on any atom is -0.467 e. The lowest BCUT2D eigenvalue weighted by Gasteiger charge is -2.38. The van der Waals surface area contributed by atoms with Crippen LogP contribution < -0.4 is 4.74 Å². The molecule has 0 amide bonds. The molecule has 1 aliphatic carbocycles. The average Bonchev–Trinajstić information content (AvgIpc) is 2.45. The van der Waals surface area contributed by atoms with Gasteiger partial charge in [0.05, 0.1) is 0 Å². The highest BCUT2D eigenvalue weighted by molar-refractivity contribution is 5.37. The highest BCUT2D eigenvalue weighted by Gasteiger charge is 2.33. The van der Waals surface area contributed by atoms with Crippen LogP contribution >= 0.6 is 0 Å².